The van der Waals surface area contributed by atoms with Crippen LogP contribution in [0.2, 0.25) is 0 Å². The number of nitrogens with one attached hydrogen (secondary N) is 1. The van der Waals surface area contributed by atoms with E-state index in [1.54, 1.807) is 18.6 Å². The molecule has 0 aliphatic carbocycles. The second-order valence-electron chi connectivity index (χ2n) is 4.03. The fourth-order valence-corrected chi connectivity index (χ4v) is 1.58. The molecular formula is C11H14N6S. The van der Waals surface area contributed by atoms with Crippen molar-refractivity contribution in [3.8, 4) is 0 Å². The van der Waals surface area contributed by atoms with Crippen LogP contribution >= 0.6 is 12.2 Å². The summed E-state index contributed by atoms with van der Waals surface area (Å²) in [6.07, 6.45) is 4.87. The van der Waals surface area contributed by atoms with Crippen LogP contribution in [0.25, 0.3) is 0 Å². The van der Waals surface area contributed by atoms with Gasteiger partial charge >= 0.3 is 0 Å². The highest BCUT2D eigenvalue weighted by Gasteiger charge is 2.07. The number of thiocarbonyl (C=S) groups is 1. The largest absolute Gasteiger partial charge is 0.388 e. The molecule has 6 nitrogen and oxygen atoms in total. The topological polar surface area (TPSA) is 81.7 Å². The Kier molecular flexibility index (Phi) is 3.52. The van der Waals surface area contributed by atoms with Crippen LogP contribution in [0.3, 0.4) is 0 Å². The minimum atomic E-state index is 0.237. The van der Waals surface area contributed by atoms with Gasteiger partial charge in [0.25, 0.3) is 0 Å². The number of rotatable bonds is 4. The first-order valence-corrected chi connectivity index (χ1v) is 5.91. The van der Waals surface area contributed by atoms with Gasteiger partial charge in [0.15, 0.2) is 0 Å². The quantitative estimate of drug-likeness (QED) is 0.815. The molecule has 18 heavy (non-hydrogen) atoms. The van der Waals surface area contributed by atoms with Crippen LogP contribution in [0.4, 0.5) is 11.6 Å². The summed E-state index contributed by atoms with van der Waals surface area (Å²) in [5, 5.41) is 7.37. The van der Waals surface area contributed by atoms with Gasteiger partial charge < -0.3 is 11.1 Å². The molecule has 0 atom stereocenters. The van der Waals surface area contributed by atoms with Gasteiger partial charge in [0, 0.05) is 12.1 Å². The van der Waals surface area contributed by atoms with E-state index in [9.17, 15) is 0 Å². The second-order valence-corrected chi connectivity index (χ2v) is 4.47. The number of nitrogens with zero attached hydrogens (tertiary/aromatic N) is 4. The van der Waals surface area contributed by atoms with Gasteiger partial charge in [-0.1, -0.05) is 12.2 Å². The lowest BCUT2D eigenvalue weighted by Crippen LogP contribution is -2.12. The van der Waals surface area contributed by atoms with Gasteiger partial charge in [0.05, 0.1) is 18.6 Å². The van der Waals surface area contributed by atoms with Gasteiger partial charge in [-0.25, -0.2) is 14.6 Å². The molecule has 0 saturated carbocycles. The molecule has 0 aliphatic heterocycles. The molecule has 2 rings (SSSR count). The van der Waals surface area contributed by atoms with Crippen molar-refractivity contribution in [3.05, 3.63) is 30.4 Å². The Morgan fingerprint density at radius 1 is 1.39 bits per heavy atom. The lowest BCUT2D eigenvalue weighted by Gasteiger charge is -2.11. The molecule has 0 radical (unpaired) electrons. The molecule has 0 aromatic carbocycles. The summed E-state index contributed by atoms with van der Waals surface area (Å²) >= 11 is 4.82. The molecule has 0 amide bonds. The highest BCUT2D eigenvalue weighted by molar-refractivity contribution is 7.80. The maximum Gasteiger partial charge on any atom is 0.150 e. The first-order chi connectivity index (χ1) is 8.58. The highest BCUT2D eigenvalue weighted by atomic mass is 32.1. The Bertz CT molecular complexity index is 545. The van der Waals surface area contributed by atoms with E-state index < -0.39 is 0 Å². The van der Waals surface area contributed by atoms with Crippen LogP contribution in [0.1, 0.15) is 25.6 Å². The average Bonchev–Trinajstić information content (AvgIpc) is 2.78. The van der Waals surface area contributed by atoms with Crippen LogP contribution in [-0.2, 0) is 0 Å². The van der Waals surface area contributed by atoms with Crippen LogP contribution in [0, 0.1) is 0 Å². The van der Waals surface area contributed by atoms with Crippen molar-refractivity contribution < 1.29 is 0 Å². The molecule has 94 valence electrons. The van der Waals surface area contributed by atoms with Crippen molar-refractivity contribution in [2.75, 3.05) is 5.32 Å². The third-order valence-electron chi connectivity index (χ3n) is 2.32. The number of hydrogen-bond acceptors (Lipinski definition) is 5. The zero-order chi connectivity index (χ0) is 13.1. The second kappa shape index (κ2) is 5.09. The van der Waals surface area contributed by atoms with Gasteiger partial charge in [0.1, 0.15) is 22.3 Å². The SMILES string of the molecule is CC(C)n1nccc1Nc1cnc(C(N)=S)cn1. The van der Waals surface area contributed by atoms with Crippen molar-refractivity contribution in [2.45, 2.75) is 19.9 Å². The molecule has 0 unspecified atom stereocenters. The van der Waals surface area contributed by atoms with E-state index in [-0.39, 0.29) is 11.0 Å². The Labute approximate surface area is 110 Å². The molecular weight excluding hydrogens is 248 g/mol. The fourth-order valence-electron chi connectivity index (χ4n) is 1.48. The standard InChI is InChI=1S/C11H14N6S/c1-7(2)17-10(3-4-15-17)16-9-6-13-8(5-14-9)11(12)18/h3-7H,1-2H3,(H2,12,18)(H,14,16). The molecule has 0 aliphatic rings. The van der Waals surface area contributed by atoms with Gasteiger partial charge in [-0.15, -0.1) is 0 Å². The maximum atomic E-state index is 5.46. The van der Waals surface area contributed by atoms with Crippen LogP contribution in [0.15, 0.2) is 24.7 Å². The lowest BCUT2D eigenvalue weighted by molar-refractivity contribution is 0.539. The van der Waals surface area contributed by atoms with E-state index >= 15 is 0 Å². The summed E-state index contributed by atoms with van der Waals surface area (Å²) < 4.78 is 1.86. The summed E-state index contributed by atoms with van der Waals surface area (Å²) in [7, 11) is 0. The van der Waals surface area contributed by atoms with Crippen molar-refractivity contribution in [2.24, 2.45) is 5.73 Å². The Morgan fingerprint density at radius 3 is 2.72 bits per heavy atom. The summed E-state index contributed by atoms with van der Waals surface area (Å²) in [5.74, 6) is 1.49. The summed E-state index contributed by atoms with van der Waals surface area (Å²) in [6.45, 7) is 4.11. The third kappa shape index (κ3) is 2.62. The Hall–Kier alpha value is -2.02. The molecule has 0 fully saturated rings. The fraction of sp³-hybridized carbons (Fsp3) is 0.273. The smallest absolute Gasteiger partial charge is 0.150 e. The molecule has 2 aromatic rings. The van der Waals surface area contributed by atoms with Crippen molar-refractivity contribution in [1.29, 1.82) is 0 Å². The predicted octanol–water partition coefficient (Wildman–Crippen LogP) is 1.63. The monoisotopic (exact) mass is 262 g/mol. The van der Waals surface area contributed by atoms with Gasteiger partial charge in [-0.3, -0.25) is 0 Å². The molecule has 2 heterocycles. The first-order valence-electron chi connectivity index (χ1n) is 5.50. The van der Waals surface area contributed by atoms with Gasteiger partial charge in [-0.05, 0) is 13.8 Å². The zero-order valence-electron chi connectivity index (χ0n) is 10.2. The molecule has 3 N–H and O–H groups in total. The minimum absolute atomic E-state index is 0.237. The molecule has 0 saturated heterocycles. The van der Waals surface area contributed by atoms with E-state index in [1.165, 1.54) is 0 Å². The van der Waals surface area contributed by atoms with Crippen LogP contribution in [0.5, 0.6) is 0 Å². The van der Waals surface area contributed by atoms with Crippen LogP contribution in [-0.4, -0.2) is 24.7 Å². The third-order valence-corrected chi connectivity index (χ3v) is 2.53. The van der Waals surface area contributed by atoms with Crippen molar-refractivity contribution in [1.82, 2.24) is 19.7 Å². The number of hydrogen-bond donors (Lipinski definition) is 2. The summed E-state index contributed by atoms with van der Waals surface area (Å²) in [4.78, 5) is 8.54. The normalized spacial score (nSPS) is 10.6. The molecule has 7 heteroatoms. The molecule has 2 aromatic heterocycles. The number of aromatic nitrogens is 4. The maximum absolute atomic E-state index is 5.46. The predicted molar refractivity (Wildman–Crippen MR) is 73.8 cm³/mol. The van der Waals surface area contributed by atoms with E-state index in [1.807, 2.05) is 10.7 Å². The zero-order valence-corrected chi connectivity index (χ0v) is 11.0. The first kappa shape index (κ1) is 12.4. The minimum Gasteiger partial charge on any atom is -0.388 e. The highest BCUT2D eigenvalue weighted by Crippen LogP contribution is 2.17. The Morgan fingerprint density at radius 2 is 2.17 bits per heavy atom. The molecule has 0 spiro atoms. The number of nitrogens with two attached hydrogens (primary N) is 1. The van der Waals surface area contributed by atoms with E-state index in [0.717, 1.165) is 5.82 Å². The average molecular weight is 262 g/mol. The van der Waals surface area contributed by atoms with Gasteiger partial charge in [-0.2, -0.15) is 5.10 Å². The number of anilines is 2. The van der Waals surface area contributed by atoms with E-state index in [2.05, 4.69) is 34.2 Å². The lowest BCUT2D eigenvalue weighted by atomic mass is 10.4. The van der Waals surface area contributed by atoms with E-state index in [4.69, 9.17) is 18.0 Å². The van der Waals surface area contributed by atoms with Crippen molar-refractivity contribution in [3.63, 3.8) is 0 Å². The Balaban J connectivity index is 2.18. The van der Waals surface area contributed by atoms with Crippen LogP contribution < -0.4 is 11.1 Å². The summed E-state index contributed by atoms with van der Waals surface area (Å²) in [6, 6.07) is 2.15. The van der Waals surface area contributed by atoms with Crippen molar-refractivity contribution >= 4 is 28.8 Å². The van der Waals surface area contributed by atoms with Gasteiger partial charge in [0.2, 0.25) is 0 Å². The van der Waals surface area contributed by atoms with E-state index in [0.29, 0.717) is 11.5 Å². The molecule has 0 bridgehead atoms. The summed E-state index contributed by atoms with van der Waals surface area (Å²) in [5.41, 5.74) is 5.97.